The quantitative estimate of drug-likeness (QED) is 0.331. The van der Waals surface area contributed by atoms with E-state index in [4.69, 9.17) is 9.47 Å². The lowest BCUT2D eigenvalue weighted by molar-refractivity contribution is 0.0487. The lowest BCUT2D eigenvalue weighted by Gasteiger charge is -2.11. The summed E-state index contributed by atoms with van der Waals surface area (Å²) in [7, 11) is 1.76. The Hall–Kier alpha value is -1.96. The lowest BCUT2D eigenvalue weighted by Crippen LogP contribution is -2.38. The van der Waals surface area contributed by atoms with Gasteiger partial charge in [-0.3, -0.25) is 4.99 Å². The highest BCUT2D eigenvalue weighted by atomic mass is 32.1. The Kier molecular flexibility index (Phi) is 10.5. The van der Waals surface area contributed by atoms with Gasteiger partial charge in [0.1, 0.15) is 5.01 Å². The van der Waals surface area contributed by atoms with Gasteiger partial charge in [-0.25, -0.2) is 4.98 Å². The molecule has 1 aromatic heterocycles. The zero-order valence-electron chi connectivity index (χ0n) is 16.2. The van der Waals surface area contributed by atoms with E-state index in [1.54, 1.807) is 18.4 Å². The fourth-order valence-corrected chi connectivity index (χ4v) is 3.07. The van der Waals surface area contributed by atoms with Crippen molar-refractivity contribution in [3.8, 4) is 11.3 Å². The monoisotopic (exact) mass is 390 g/mol. The molecular formula is C20H30N4O2S. The summed E-state index contributed by atoms with van der Waals surface area (Å²) >= 11 is 1.64. The highest BCUT2D eigenvalue weighted by Gasteiger charge is 2.05. The zero-order chi connectivity index (χ0) is 19.2. The third kappa shape index (κ3) is 8.51. The van der Waals surface area contributed by atoms with Crippen LogP contribution in [0.25, 0.3) is 11.3 Å². The Balaban J connectivity index is 1.60. The molecule has 0 radical (unpaired) electrons. The van der Waals surface area contributed by atoms with Crippen molar-refractivity contribution in [1.29, 1.82) is 0 Å². The number of nitrogens with one attached hydrogen (secondary N) is 2. The third-order valence-electron chi connectivity index (χ3n) is 3.81. The maximum Gasteiger partial charge on any atom is 0.191 e. The topological polar surface area (TPSA) is 67.8 Å². The number of unbranched alkanes of at least 4 members (excludes halogenated alkanes) is 1. The molecular weight excluding hydrogens is 360 g/mol. The summed E-state index contributed by atoms with van der Waals surface area (Å²) in [5, 5.41) is 9.63. The highest BCUT2D eigenvalue weighted by molar-refractivity contribution is 7.09. The normalized spacial score (nSPS) is 11.6. The number of ether oxygens (including phenoxy) is 2. The minimum Gasteiger partial charge on any atom is -0.379 e. The van der Waals surface area contributed by atoms with Crippen LogP contribution in [0.1, 0.15) is 24.8 Å². The van der Waals surface area contributed by atoms with Crippen molar-refractivity contribution < 1.29 is 9.47 Å². The summed E-state index contributed by atoms with van der Waals surface area (Å²) in [6, 6.07) is 10.2. The Morgan fingerprint density at radius 3 is 2.59 bits per heavy atom. The van der Waals surface area contributed by atoms with E-state index in [1.165, 1.54) is 0 Å². The molecule has 1 aromatic carbocycles. The molecule has 2 aromatic rings. The predicted octanol–water partition coefficient (Wildman–Crippen LogP) is 3.31. The molecule has 0 saturated carbocycles. The summed E-state index contributed by atoms with van der Waals surface area (Å²) < 4.78 is 11.0. The van der Waals surface area contributed by atoms with Crippen LogP contribution in [0, 0.1) is 0 Å². The van der Waals surface area contributed by atoms with E-state index < -0.39 is 0 Å². The lowest BCUT2D eigenvalue weighted by atomic mass is 10.2. The first kappa shape index (κ1) is 21.3. The first-order chi connectivity index (χ1) is 13.3. The smallest absolute Gasteiger partial charge is 0.191 e. The van der Waals surface area contributed by atoms with E-state index in [9.17, 15) is 0 Å². The largest absolute Gasteiger partial charge is 0.379 e. The summed E-state index contributed by atoms with van der Waals surface area (Å²) in [5.41, 5.74) is 2.15. The molecule has 0 unspecified atom stereocenters. The number of guanidine groups is 1. The molecule has 0 spiro atoms. The fourth-order valence-electron chi connectivity index (χ4n) is 2.32. The van der Waals surface area contributed by atoms with Gasteiger partial charge in [-0.2, -0.15) is 0 Å². The Morgan fingerprint density at radius 2 is 1.85 bits per heavy atom. The maximum atomic E-state index is 5.54. The van der Waals surface area contributed by atoms with E-state index in [1.807, 2.05) is 18.2 Å². The Morgan fingerprint density at radius 1 is 1.07 bits per heavy atom. The van der Waals surface area contributed by atoms with Gasteiger partial charge in [0.2, 0.25) is 0 Å². The zero-order valence-corrected chi connectivity index (χ0v) is 17.1. The van der Waals surface area contributed by atoms with Crippen LogP contribution in [0.5, 0.6) is 0 Å². The number of aliphatic imine (C=N–C) groups is 1. The molecule has 27 heavy (non-hydrogen) atoms. The molecule has 1 heterocycles. The molecule has 7 heteroatoms. The molecule has 0 aliphatic heterocycles. The molecule has 0 aliphatic carbocycles. The van der Waals surface area contributed by atoms with Crippen LogP contribution in [0.4, 0.5) is 0 Å². The van der Waals surface area contributed by atoms with Crippen molar-refractivity contribution in [2.75, 3.05) is 40.0 Å². The van der Waals surface area contributed by atoms with Gasteiger partial charge in [-0.15, -0.1) is 11.3 Å². The van der Waals surface area contributed by atoms with Crippen LogP contribution >= 0.6 is 11.3 Å². The number of benzene rings is 1. The molecule has 0 saturated heterocycles. The average molecular weight is 391 g/mol. The number of thiazole rings is 1. The van der Waals surface area contributed by atoms with Gasteiger partial charge in [0.05, 0.1) is 32.1 Å². The summed E-state index contributed by atoms with van der Waals surface area (Å²) in [4.78, 5) is 8.90. The number of rotatable bonds is 12. The fraction of sp³-hybridized carbons (Fsp3) is 0.500. The number of aromatic nitrogens is 1. The molecule has 2 rings (SSSR count). The van der Waals surface area contributed by atoms with Crippen LogP contribution in [-0.2, 0) is 16.0 Å². The molecule has 0 bridgehead atoms. The maximum absolute atomic E-state index is 5.54. The van der Waals surface area contributed by atoms with Gasteiger partial charge in [0.15, 0.2) is 5.96 Å². The second-order valence-electron chi connectivity index (χ2n) is 5.92. The minimum atomic E-state index is 0.618. The van der Waals surface area contributed by atoms with Crippen molar-refractivity contribution in [3.63, 3.8) is 0 Å². The van der Waals surface area contributed by atoms with E-state index in [0.717, 1.165) is 41.7 Å². The third-order valence-corrected chi connectivity index (χ3v) is 4.65. The molecule has 0 atom stereocenters. The first-order valence-corrected chi connectivity index (χ1v) is 10.3. The van der Waals surface area contributed by atoms with E-state index in [2.05, 4.69) is 45.0 Å². The van der Waals surface area contributed by atoms with Gasteiger partial charge in [-0.05, 0) is 6.42 Å². The molecule has 148 valence electrons. The summed E-state index contributed by atoms with van der Waals surface area (Å²) in [5.74, 6) is 0.745. The molecule has 6 nitrogen and oxygen atoms in total. The SMILES string of the molecule is CCCCOCCOCCNC(=NC)NCc1nc(-c2ccccc2)cs1. The van der Waals surface area contributed by atoms with Gasteiger partial charge in [-0.1, -0.05) is 43.7 Å². The Bertz CT molecular complexity index is 661. The molecule has 2 N–H and O–H groups in total. The van der Waals surface area contributed by atoms with Crippen molar-refractivity contribution in [1.82, 2.24) is 15.6 Å². The van der Waals surface area contributed by atoms with Crippen LogP contribution < -0.4 is 10.6 Å². The van der Waals surface area contributed by atoms with Crippen molar-refractivity contribution >= 4 is 17.3 Å². The first-order valence-electron chi connectivity index (χ1n) is 9.43. The molecule has 0 amide bonds. The van der Waals surface area contributed by atoms with Gasteiger partial charge >= 0.3 is 0 Å². The van der Waals surface area contributed by atoms with Crippen LogP contribution in [0.15, 0.2) is 40.7 Å². The number of hydrogen-bond acceptors (Lipinski definition) is 5. The van der Waals surface area contributed by atoms with Crippen molar-refractivity contribution in [2.24, 2.45) is 4.99 Å². The summed E-state index contributed by atoms with van der Waals surface area (Å²) in [6.07, 6.45) is 2.26. The average Bonchev–Trinajstić information content (AvgIpc) is 3.19. The number of nitrogens with zero attached hydrogens (tertiary/aromatic N) is 2. The summed E-state index contributed by atoms with van der Waals surface area (Å²) in [6.45, 7) is 6.21. The van der Waals surface area contributed by atoms with E-state index in [-0.39, 0.29) is 0 Å². The van der Waals surface area contributed by atoms with E-state index >= 15 is 0 Å². The van der Waals surface area contributed by atoms with E-state index in [0.29, 0.717) is 32.9 Å². The van der Waals surface area contributed by atoms with Crippen molar-refractivity contribution in [3.05, 3.63) is 40.7 Å². The highest BCUT2D eigenvalue weighted by Crippen LogP contribution is 2.21. The van der Waals surface area contributed by atoms with Crippen LogP contribution in [0.3, 0.4) is 0 Å². The predicted molar refractivity (Wildman–Crippen MR) is 112 cm³/mol. The van der Waals surface area contributed by atoms with Gasteiger partial charge in [0, 0.05) is 31.1 Å². The van der Waals surface area contributed by atoms with Gasteiger partial charge in [0.25, 0.3) is 0 Å². The van der Waals surface area contributed by atoms with Crippen molar-refractivity contribution in [2.45, 2.75) is 26.3 Å². The number of hydrogen-bond donors (Lipinski definition) is 2. The standard InChI is InChI=1S/C20H30N4O2S/c1-3-4-11-25-13-14-26-12-10-22-20(21-2)23-15-19-24-18(16-27-19)17-8-6-5-7-9-17/h5-9,16H,3-4,10-15H2,1-2H3,(H2,21,22,23). The Labute approximate surface area is 166 Å². The second kappa shape index (κ2) is 13.2. The molecule has 0 aliphatic rings. The van der Waals surface area contributed by atoms with Crippen LogP contribution in [0.2, 0.25) is 0 Å². The minimum absolute atomic E-state index is 0.618. The van der Waals surface area contributed by atoms with Gasteiger partial charge < -0.3 is 20.1 Å². The molecule has 0 fully saturated rings. The second-order valence-corrected chi connectivity index (χ2v) is 6.87. The van der Waals surface area contributed by atoms with Crippen LogP contribution in [-0.4, -0.2) is 51.0 Å².